The maximum absolute atomic E-state index is 3.69. The molecule has 0 aliphatic rings. The molecule has 0 amide bonds. The van der Waals surface area contributed by atoms with E-state index in [1.165, 1.54) is 27.8 Å². The highest BCUT2D eigenvalue weighted by atomic mass is 14.9. The standard InChI is InChI=1S/C48H36N2/c1-5-14-35(15-6-1)39-18-13-19-40(32-39)36-24-26-38(27-25-36)46-34-42(29-31-48(46)50-44-22-11-4-12-23-44)41-28-30-47(49-43-20-9-3-10-21-43)45(33-41)37-16-7-2-8-17-37/h1-34,49-50H. The fourth-order valence-corrected chi connectivity index (χ4v) is 6.47. The van der Waals surface area contributed by atoms with Gasteiger partial charge in [-0.3, -0.25) is 0 Å². The zero-order valence-corrected chi connectivity index (χ0v) is 27.6. The van der Waals surface area contributed by atoms with E-state index in [1.807, 2.05) is 12.1 Å². The lowest BCUT2D eigenvalue weighted by Gasteiger charge is -2.17. The first kappa shape index (κ1) is 30.7. The zero-order chi connectivity index (χ0) is 33.5. The maximum Gasteiger partial charge on any atom is 0.0464 e. The third-order valence-electron chi connectivity index (χ3n) is 9.06. The van der Waals surface area contributed by atoms with Gasteiger partial charge in [-0.05, 0) is 99.1 Å². The van der Waals surface area contributed by atoms with E-state index >= 15 is 0 Å². The highest BCUT2D eigenvalue weighted by molar-refractivity contribution is 5.89. The molecule has 0 aliphatic carbocycles. The van der Waals surface area contributed by atoms with Gasteiger partial charge in [0.1, 0.15) is 0 Å². The van der Waals surface area contributed by atoms with Crippen molar-refractivity contribution >= 4 is 22.7 Å². The normalized spacial score (nSPS) is 10.8. The van der Waals surface area contributed by atoms with Gasteiger partial charge in [-0.15, -0.1) is 0 Å². The van der Waals surface area contributed by atoms with E-state index < -0.39 is 0 Å². The monoisotopic (exact) mass is 640 g/mol. The van der Waals surface area contributed by atoms with Gasteiger partial charge in [0.25, 0.3) is 0 Å². The van der Waals surface area contributed by atoms with Crippen molar-refractivity contribution in [3.8, 4) is 55.6 Å². The molecule has 0 atom stereocenters. The van der Waals surface area contributed by atoms with E-state index in [2.05, 4.69) is 205 Å². The van der Waals surface area contributed by atoms with Crippen molar-refractivity contribution in [2.45, 2.75) is 0 Å². The van der Waals surface area contributed by atoms with Gasteiger partial charge in [-0.25, -0.2) is 0 Å². The van der Waals surface area contributed by atoms with Crippen molar-refractivity contribution in [3.63, 3.8) is 0 Å². The Bertz CT molecular complexity index is 2330. The van der Waals surface area contributed by atoms with Crippen LogP contribution in [0, 0.1) is 0 Å². The van der Waals surface area contributed by atoms with Crippen molar-refractivity contribution in [2.24, 2.45) is 0 Å². The summed E-state index contributed by atoms with van der Waals surface area (Å²) in [4.78, 5) is 0. The molecule has 2 N–H and O–H groups in total. The molecule has 8 aromatic carbocycles. The minimum absolute atomic E-state index is 1.05. The van der Waals surface area contributed by atoms with Crippen LogP contribution in [0.15, 0.2) is 206 Å². The Labute approximate surface area is 294 Å². The molecule has 0 radical (unpaired) electrons. The number of hydrogen-bond acceptors (Lipinski definition) is 2. The number of rotatable bonds is 9. The van der Waals surface area contributed by atoms with Crippen LogP contribution in [-0.2, 0) is 0 Å². The zero-order valence-electron chi connectivity index (χ0n) is 27.6. The van der Waals surface area contributed by atoms with Gasteiger partial charge < -0.3 is 10.6 Å². The third-order valence-corrected chi connectivity index (χ3v) is 9.06. The number of benzene rings is 8. The molecule has 0 fully saturated rings. The summed E-state index contributed by atoms with van der Waals surface area (Å²) in [5.74, 6) is 0. The van der Waals surface area contributed by atoms with E-state index in [9.17, 15) is 0 Å². The molecule has 0 spiro atoms. The Morgan fingerprint density at radius 1 is 0.220 bits per heavy atom. The average molecular weight is 641 g/mol. The molecule has 0 bridgehead atoms. The first-order valence-corrected chi connectivity index (χ1v) is 17.0. The summed E-state index contributed by atoms with van der Waals surface area (Å²) in [5.41, 5.74) is 16.0. The summed E-state index contributed by atoms with van der Waals surface area (Å²) in [6.07, 6.45) is 0. The quantitative estimate of drug-likeness (QED) is 0.164. The van der Waals surface area contributed by atoms with Crippen LogP contribution in [0.1, 0.15) is 0 Å². The Morgan fingerprint density at radius 3 is 1.02 bits per heavy atom. The lowest BCUT2D eigenvalue weighted by Crippen LogP contribution is -1.96. The molecule has 2 heteroatoms. The molecule has 50 heavy (non-hydrogen) atoms. The summed E-state index contributed by atoms with van der Waals surface area (Å²) in [5, 5.41) is 7.33. The molecule has 0 saturated heterocycles. The Morgan fingerprint density at radius 2 is 0.540 bits per heavy atom. The number of para-hydroxylation sites is 2. The predicted octanol–water partition coefficient (Wildman–Crippen LogP) is 13.5. The highest BCUT2D eigenvalue weighted by Crippen LogP contribution is 2.39. The fraction of sp³-hybridized carbons (Fsp3) is 0. The topological polar surface area (TPSA) is 24.1 Å². The van der Waals surface area contributed by atoms with E-state index in [4.69, 9.17) is 0 Å². The van der Waals surface area contributed by atoms with Crippen LogP contribution < -0.4 is 10.6 Å². The first-order valence-electron chi connectivity index (χ1n) is 17.0. The molecule has 8 rings (SSSR count). The van der Waals surface area contributed by atoms with Gasteiger partial charge in [-0.1, -0.05) is 152 Å². The molecular formula is C48H36N2. The van der Waals surface area contributed by atoms with Crippen LogP contribution in [0.5, 0.6) is 0 Å². The van der Waals surface area contributed by atoms with E-state index in [0.717, 1.165) is 50.6 Å². The second kappa shape index (κ2) is 14.2. The number of hydrogen-bond donors (Lipinski definition) is 2. The van der Waals surface area contributed by atoms with Gasteiger partial charge in [0.05, 0.1) is 0 Å². The molecule has 0 saturated carbocycles. The summed E-state index contributed by atoms with van der Waals surface area (Å²) in [7, 11) is 0. The molecule has 2 nitrogen and oxygen atoms in total. The second-order valence-corrected chi connectivity index (χ2v) is 12.4. The summed E-state index contributed by atoms with van der Waals surface area (Å²) in [6.45, 7) is 0. The minimum atomic E-state index is 1.05. The van der Waals surface area contributed by atoms with Gasteiger partial charge in [-0.2, -0.15) is 0 Å². The van der Waals surface area contributed by atoms with Crippen molar-refractivity contribution in [3.05, 3.63) is 206 Å². The molecule has 238 valence electrons. The molecule has 0 aliphatic heterocycles. The van der Waals surface area contributed by atoms with Crippen LogP contribution in [0.3, 0.4) is 0 Å². The number of anilines is 4. The molecule has 0 heterocycles. The van der Waals surface area contributed by atoms with Crippen molar-refractivity contribution in [2.75, 3.05) is 10.6 Å². The predicted molar refractivity (Wildman–Crippen MR) is 213 cm³/mol. The van der Waals surface area contributed by atoms with Crippen molar-refractivity contribution in [1.29, 1.82) is 0 Å². The lowest BCUT2D eigenvalue weighted by molar-refractivity contribution is 1.51. The van der Waals surface area contributed by atoms with E-state index in [1.54, 1.807) is 0 Å². The summed E-state index contributed by atoms with van der Waals surface area (Å²) in [6, 6.07) is 73.0. The lowest BCUT2D eigenvalue weighted by atomic mass is 9.93. The number of nitrogens with one attached hydrogen (secondary N) is 2. The van der Waals surface area contributed by atoms with Gasteiger partial charge in [0.15, 0.2) is 0 Å². The van der Waals surface area contributed by atoms with E-state index in [0.29, 0.717) is 0 Å². The summed E-state index contributed by atoms with van der Waals surface area (Å²) >= 11 is 0. The van der Waals surface area contributed by atoms with Gasteiger partial charge >= 0.3 is 0 Å². The van der Waals surface area contributed by atoms with Crippen molar-refractivity contribution < 1.29 is 0 Å². The van der Waals surface area contributed by atoms with E-state index in [-0.39, 0.29) is 0 Å². The Kier molecular flexibility index (Phi) is 8.73. The van der Waals surface area contributed by atoms with Crippen LogP contribution in [0.25, 0.3) is 55.6 Å². The SMILES string of the molecule is c1ccc(Nc2ccc(-c3ccc(Nc4ccccc4)c(-c4ccc(-c5cccc(-c6ccccc6)c5)cc4)c3)cc2-c2ccccc2)cc1. The minimum Gasteiger partial charge on any atom is -0.355 e. The van der Waals surface area contributed by atoms with Crippen LogP contribution in [-0.4, -0.2) is 0 Å². The van der Waals surface area contributed by atoms with Crippen molar-refractivity contribution in [1.82, 2.24) is 0 Å². The van der Waals surface area contributed by atoms with Gasteiger partial charge in [0, 0.05) is 33.9 Å². The van der Waals surface area contributed by atoms with Gasteiger partial charge in [0.2, 0.25) is 0 Å². The fourth-order valence-electron chi connectivity index (χ4n) is 6.47. The largest absolute Gasteiger partial charge is 0.355 e. The maximum atomic E-state index is 3.69. The Hall–Kier alpha value is -6.64. The average Bonchev–Trinajstić information content (AvgIpc) is 3.20. The molecule has 0 unspecified atom stereocenters. The molecule has 8 aromatic rings. The molecule has 0 aromatic heterocycles. The Balaban J connectivity index is 1.18. The van der Waals surface area contributed by atoms with Crippen LogP contribution >= 0.6 is 0 Å². The van der Waals surface area contributed by atoms with Crippen LogP contribution in [0.2, 0.25) is 0 Å². The first-order chi connectivity index (χ1) is 24.8. The second-order valence-electron chi connectivity index (χ2n) is 12.4. The molecular weight excluding hydrogens is 605 g/mol. The third kappa shape index (κ3) is 6.82. The van der Waals surface area contributed by atoms with Crippen LogP contribution in [0.4, 0.5) is 22.7 Å². The highest BCUT2D eigenvalue weighted by Gasteiger charge is 2.13. The smallest absolute Gasteiger partial charge is 0.0464 e. The summed E-state index contributed by atoms with van der Waals surface area (Å²) < 4.78 is 0.